The fourth-order valence-corrected chi connectivity index (χ4v) is 1.03. The molecule has 0 aromatic rings. The monoisotopic (exact) mass is 202 g/mol. The Hall–Kier alpha value is 0.180. The molecule has 0 aromatic heterocycles. The van der Waals surface area contributed by atoms with Crippen LogP contribution >= 0.6 is 12.0 Å². The summed E-state index contributed by atoms with van der Waals surface area (Å²) in [6.07, 6.45) is 1.89. The van der Waals surface area contributed by atoms with Crippen molar-refractivity contribution < 1.29 is 22.2 Å². The molecule has 5 nitrogen and oxygen atoms in total. The van der Waals surface area contributed by atoms with E-state index < -0.39 is 10.1 Å². The Bertz CT molecular complexity index is 175. The van der Waals surface area contributed by atoms with Gasteiger partial charge >= 0.3 is 0 Å². The predicted octanol–water partition coefficient (Wildman–Crippen LogP) is 0.490. The molecule has 0 amide bonds. The molecular formula is C4H10O5S2. The van der Waals surface area contributed by atoms with Gasteiger partial charge in [-0.15, -0.1) is 0 Å². The molecule has 0 aromatic carbocycles. The Kier molecular flexibility index (Phi) is 5.88. The smallest absolute Gasteiger partial charge is 0.264 e. The average molecular weight is 202 g/mol. The Morgan fingerprint density at radius 1 is 1.55 bits per heavy atom. The van der Waals surface area contributed by atoms with Crippen LogP contribution in [0.1, 0.15) is 6.42 Å². The van der Waals surface area contributed by atoms with Crippen molar-refractivity contribution in [3.63, 3.8) is 0 Å². The maximum absolute atomic E-state index is 10.1. The summed E-state index contributed by atoms with van der Waals surface area (Å²) in [6, 6.07) is 0. The van der Waals surface area contributed by atoms with Crippen LogP contribution in [0.4, 0.5) is 0 Å². The van der Waals surface area contributed by atoms with Crippen molar-refractivity contribution in [3.8, 4) is 0 Å². The van der Waals surface area contributed by atoms with Crippen molar-refractivity contribution in [2.24, 2.45) is 0 Å². The topological polar surface area (TPSA) is 72.8 Å². The first kappa shape index (κ1) is 11.2. The lowest BCUT2D eigenvalue weighted by Gasteiger charge is -1.97. The first-order chi connectivity index (χ1) is 5.06. The number of hydrogen-bond donors (Lipinski definition) is 1. The van der Waals surface area contributed by atoms with E-state index in [9.17, 15) is 8.42 Å². The van der Waals surface area contributed by atoms with Gasteiger partial charge < -0.3 is 0 Å². The third kappa shape index (κ3) is 10.2. The molecule has 0 heterocycles. The molecule has 0 radical (unpaired) electrons. The first-order valence-electron chi connectivity index (χ1n) is 2.83. The Labute approximate surface area is 70.0 Å². The van der Waals surface area contributed by atoms with Crippen LogP contribution in [-0.2, 0) is 19.3 Å². The van der Waals surface area contributed by atoms with Gasteiger partial charge in [0.05, 0.1) is 12.4 Å². The van der Waals surface area contributed by atoms with Crippen LogP contribution in [-0.4, -0.2) is 31.6 Å². The zero-order valence-corrected chi connectivity index (χ0v) is 7.65. The quantitative estimate of drug-likeness (QED) is 0.222. The van der Waals surface area contributed by atoms with Crippen LogP contribution < -0.4 is 0 Å². The summed E-state index contributed by atoms with van der Waals surface area (Å²) >= 11 is 1.03. The summed E-state index contributed by atoms with van der Waals surface area (Å²) in [5, 5.41) is 0. The van der Waals surface area contributed by atoms with Crippen LogP contribution in [0.25, 0.3) is 0 Å². The summed E-state index contributed by atoms with van der Waals surface area (Å²) in [5.74, 6) is -0.301. The lowest BCUT2D eigenvalue weighted by atomic mass is 10.5. The molecule has 0 spiro atoms. The number of hydrogen-bond acceptors (Lipinski definition) is 5. The van der Waals surface area contributed by atoms with E-state index >= 15 is 0 Å². The van der Waals surface area contributed by atoms with Gasteiger partial charge in [-0.2, -0.15) is 12.8 Å². The zero-order chi connectivity index (χ0) is 8.74. The highest BCUT2D eigenvalue weighted by molar-refractivity contribution is 7.93. The van der Waals surface area contributed by atoms with Gasteiger partial charge in [0.1, 0.15) is 0 Å². The zero-order valence-electron chi connectivity index (χ0n) is 6.02. The molecule has 0 saturated heterocycles. The second kappa shape index (κ2) is 5.78. The molecule has 1 N–H and O–H groups in total. The molecule has 0 aliphatic heterocycles. The molecule has 7 heteroatoms. The summed E-state index contributed by atoms with van der Waals surface area (Å²) < 4.78 is 32.9. The van der Waals surface area contributed by atoms with Gasteiger partial charge in [0, 0.05) is 18.3 Å². The minimum Gasteiger partial charge on any atom is -0.286 e. The summed E-state index contributed by atoms with van der Waals surface area (Å²) in [5.41, 5.74) is 0. The first-order valence-corrected chi connectivity index (χ1v) is 5.59. The molecule has 0 atom stereocenters. The van der Waals surface area contributed by atoms with E-state index in [2.05, 4.69) is 9.22 Å². The largest absolute Gasteiger partial charge is 0.286 e. The van der Waals surface area contributed by atoms with Crippen molar-refractivity contribution >= 4 is 22.2 Å². The predicted molar refractivity (Wildman–Crippen MR) is 41.6 cm³/mol. The van der Waals surface area contributed by atoms with Gasteiger partial charge in [0.2, 0.25) is 0 Å². The van der Waals surface area contributed by atoms with Crippen LogP contribution in [0.2, 0.25) is 0 Å². The lowest BCUT2D eigenvalue weighted by molar-refractivity contribution is -0.189. The standard InChI is InChI=1S/C4H10O5S2/c1-10-9-8-3-2-4-11(5,6)7/h2-4H2,1H3,(H,5,6,7). The van der Waals surface area contributed by atoms with Gasteiger partial charge in [-0.25, -0.2) is 4.89 Å². The summed E-state index contributed by atoms with van der Waals surface area (Å²) in [4.78, 5) is 4.47. The van der Waals surface area contributed by atoms with E-state index in [0.717, 1.165) is 12.0 Å². The highest BCUT2D eigenvalue weighted by Gasteiger charge is 2.02. The highest BCUT2D eigenvalue weighted by Crippen LogP contribution is 1.97. The molecule has 0 aliphatic carbocycles. The highest BCUT2D eigenvalue weighted by atomic mass is 32.2. The SMILES string of the molecule is CSOOCCCS(=O)(=O)O. The van der Waals surface area contributed by atoms with E-state index in [1.807, 2.05) is 0 Å². The molecule has 0 aliphatic rings. The third-order valence-corrected chi connectivity index (χ3v) is 1.78. The molecule has 11 heavy (non-hydrogen) atoms. The molecular weight excluding hydrogens is 192 g/mol. The van der Waals surface area contributed by atoms with Gasteiger partial charge in [-0.3, -0.25) is 4.55 Å². The fraction of sp³-hybridized carbons (Fsp3) is 1.00. The van der Waals surface area contributed by atoms with Crippen LogP contribution in [0.15, 0.2) is 0 Å². The maximum Gasteiger partial charge on any atom is 0.264 e. The number of rotatable bonds is 6. The van der Waals surface area contributed by atoms with Crippen molar-refractivity contribution in [3.05, 3.63) is 0 Å². The van der Waals surface area contributed by atoms with Gasteiger partial charge in [-0.1, -0.05) is 0 Å². The molecule has 0 rings (SSSR count). The van der Waals surface area contributed by atoms with E-state index in [-0.39, 0.29) is 18.8 Å². The van der Waals surface area contributed by atoms with Crippen molar-refractivity contribution in [2.75, 3.05) is 18.6 Å². The van der Waals surface area contributed by atoms with E-state index in [1.54, 1.807) is 6.26 Å². The Balaban J connectivity index is 3.16. The minimum absolute atomic E-state index is 0.153. The maximum atomic E-state index is 10.1. The second-order valence-corrected chi connectivity index (χ2v) is 3.74. The fourth-order valence-electron chi connectivity index (χ4n) is 0.382. The summed E-state index contributed by atoms with van der Waals surface area (Å²) in [6.45, 7) is 0.153. The van der Waals surface area contributed by atoms with Gasteiger partial charge in [-0.05, 0) is 6.42 Å². The van der Waals surface area contributed by atoms with Crippen LogP contribution in [0.5, 0.6) is 0 Å². The average Bonchev–Trinajstić information content (AvgIpc) is 1.85. The lowest BCUT2D eigenvalue weighted by Crippen LogP contribution is -2.06. The minimum atomic E-state index is -3.85. The van der Waals surface area contributed by atoms with Gasteiger partial charge in [0.25, 0.3) is 10.1 Å². The van der Waals surface area contributed by atoms with Gasteiger partial charge in [0.15, 0.2) is 0 Å². The molecule has 0 fully saturated rings. The Morgan fingerprint density at radius 3 is 2.64 bits per heavy atom. The van der Waals surface area contributed by atoms with E-state index in [4.69, 9.17) is 4.55 Å². The normalized spacial score (nSPS) is 11.8. The third-order valence-electron chi connectivity index (χ3n) is 0.746. The summed E-state index contributed by atoms with van der Waals surface area (Å²) in [7, 11) is -3.85. The van der Waals surface area contributed by atoms with Crippen molar-refractivity contribution in [2.45, 2.75) is 6.42 Å². The Morgan fingerprint density at radius 2 is 2.18 bits per heavy atom. The van der Waals surface area contributed by atoms with Crippen LogP contribution in [0, 0.1) is 0 Å². The van der Waals surface area contributed by atoms with E-state index in [0.29, 0.717) is 0 Å². The molecule has 0 bridgehead atoms. The molecule has 0 saturated carbocycles. The van der Waals surface area contributed by atoms with Crippen LogP contribution in [0.3, 0.4) is 0 Å². The molecule has 0 unspecified atom stereocenters. The molecule has 68 valence electrons. The van der Waals surface area contributed by atoms with Crippen molar-refractivity contribution in [1.82, 2.24) is 0 Å². The van der Waals surface area contributed by atoms with Crippen molar-refractivity contribution in [1.29, 1.82) is 0 Å². The second-order valence-electron chi connectivity index (χ2n) is 1.70. The van der Waals surface area contributed by atoms with E-state index in [1.165, 1.54) is 0 Å².